The molecule has 0 N–H and O–H groups in total. The zero-order chi connectivity index (χ0) is 17.1. The molecular weight excluding hydrogens is 292 g/mol. The first-order valence-corrected chi connectivity index (χ1v) is 11.0. The Hall–Kier alpha value is -0.0400. The molecule has 138 valence electrons. The van der Waals surface area contributed by atoms with Gasteiger partial charge >= 0.3 is 0 Å². The van der Waals surface area contributed by atoms with Gasteiger partial charge in [-0.25, -0.2) is 0 Å². The zero-order valence-corrected chi connectivity index (χ0v) is 16.8. The Morgan fingerprint density at radius 1 is 0.917 bits per heavy atom. The van der Waals surface area contributed by atoms with Gasteiger partial charge in [0, 0.05) is 7.11 Å². The number of hydrogen-bond acceptors (Lipinski definition) is 1. The lowest BCUT2D eigenvalue weighted by Gasteiger charge is -2.62. The van der Waals surface area contributed by atoms with Crippen molar-refractivity contribution in [2.45, 2.75) is 91.6 Å². The lowest BCUT2D eigenvalue weighted by molar-refractivity contribution is -0.176. The van der Waals surface area contributed by atoms with Gasteiger partial charge in [-0.05, 0) is 91.3 Å². The standard InChI is InChI=1S/C23H40O/c1-15(2)18-11-12-19-17-10-9-16-8-6-7-13-22(16,3)20(17)14-21(24-5)23(18,19)4/h15-21H,6-14H2,1-5H3. The summed E-state index contributed by atoms with van der Waals surface area (Å²) in [5.74, 6) is 5.53. The molecule has 0 aliphatic heterocycles. The molecule has 4 rings (SSSR count). The largest absolute Gasteiger partial charge is 0.381 e. The second kappa shape index (κ2) is 6.00. The highest BCUT2D eigenvalue weighted by Gasteiger charge is 2.63. The van der Waals surface area contributed by atoms with Crippen LogP contribution in [0.3, 0.4) is 0 Å². The highest BCUT2D eigenvalue weighted by Crippen LogP contribution is 2.68. The number of ether oxygens (including phenoxy) is 1. The van der Waals surface area contributed by atoms with Gasteiger partial charge < -0.3 is 4.74 Å². The minimum absolute atomic E-state index is 0.432. The SMILES string of the molecule is COC1CC2C(CCC3CCCCC32C)C2CCC(C(C)C)C12C. The minimum atomic E-state index is 0.432. The molecular formula is C23H40O. The molecule has 1 nitrogen and oxygen atoms in total. The molecule has 4 fully saturated rings. The normalized spacial score (nSPS) is 54.2. The van der Waals surface area contributed by atoms with Gasteiger partial charge in [0.15, 0.2) is 0 Å². The van der Waals surface area contributed by atoms with Crippen molar-refractivity contribution in [1.82, 2.24) is 0 Å². The molecule has 0 radical (unpaired) electrons. The van der Waals surface area contributed by atoms with Crippen LogP contribution < -0.4 is 0 Å². The van der Waals surface area contributed by atoms with E-state index in [-0.39, 0.29) is 0 Å². The highest BCUT2D eigenvalue weighted by atomic mass is 16.5. The van der Waals surface area contributed by atoms with E-state index < -0.39 is 0 Å². The van der Waals surface area contributed by atoms with E-state index in [1.807, 2.05) is 7.11 Å². The molecule has 0 spiro atoms. The quantitative estimate of drug-likeness (QED) is 0.575. The molecule has 8 atom stereocenters. The average molecular weight is 333 g/mol. The van der Waals surface area contributed by atoms with E-state index in [2.05, 4.69) is 27.7 Å². The van der Waals surface area contributed by atoms with Gasteiger partial charge in [0.1, 0.15) is 0 Å². The summed E-state index contributed by atoms with van der Waals surface area (Å²) in [7, 11) is 2.01. The predicted molar refractivity (Wildman–Crippen MR) is 101 cm³/mol. The van der Waals surface area contributed by atoms with E-state index in [1.54, 1.807) is 0 Å². The van der Waals surface area contributed by atoms with Crippen molar-refractivity contribution in [3.63, 3.8) is 0 Å². The topological polar surface area (TPSA) is 9.23 Å². The van der Waals surface area contributed by atoms with Gasteiger partial charge in [-0.15, -0.1) is 0 Å². The Kier molecular flexibility index (Phi) is 4.34. The third-order valence-corrected chi connectivity index (χ3v) is 9.82. The van der Waals surface area contributed by atoms with E-state index in [9.17, 15) is 0 Å². The van der Waals surface area contributed by atoms with E-state index in [1.165, 1.54) is 57.8 Å². The maximum atomic E-state index is 6.26. The van der Waals surface area contributed by atoms with Crippen LogP contribution in [0.1, 0.15) is 85.5 Å². The Morgan fingerprint density at radius 2 is 1.71 bits per heavy atom. The maximum Gasteiger partial charge on any atom is 0.0633 e. The van der Waals surface area contributed by atoms with Crippen molar-refractivity contribution in [3.05, 3.63) is 0 Å². The Bertz CT molecular complexity index is 471. The summed E-state index contributed by atoms with van der Waals surface area (Å²) in [4.78, 5) is 0. The molecule has 0 amide bonds. The zero-order valence-electron chi connectivity index (χ0n) is 16.8. The molecule has 4 aliphatic rings. The van der Waals surface area contributed by atoms with Gasteiger partial charge in [0.25, 0.3) is 0 Å². The second-order valence-corrected chi connectivity index (χ2v) is 10.7. The van der Waals surface area contributed by atoms with Crippen molar-refractivity contribution >= 4 is 0 Å². The fourth-order valence-corrected chi connectivity index (χ4v) is 8.70. The van der Waals surface area contributed by atoms with Crippen molar-refractivity contribution in [2.75, 3.05) is 7.11 Å². The molecule has 0 aromatic rings. The van der Waals surface area contributed by atoms with Gasteiger partial charge in [-0.1, -0.05) is 40.5 Å². The molecule has 0 aromatic heterocycles. The summed E-state index contributed by atoms with van der Waals surface area (Å²) < 4.78 is 6.26. The fourth-order valence-electron chi connectivity index (χ4n) is 8.70. The van der Waals surface area contributed by atoms with Crippen molar-refractivity contribution in [2.24, 2.45) is 46.3 Å². The molecule has 0 heterocycles. The number of rotatable bonds is 2. The number of hydrogen-bond donors (Lipinski definition) is 0. The summed E-state index contributed by atoms with van der Waals surface area (Å²) in [5, 5.41) is 0. The van der Waals surface area contributed by atoms with Crippen LogP contribution in [0.5, 0.6) is 0 Å². The van der Waals surface area contributed by atoms with Crippen molar-refractivity contribution in [1.29, 1.82) is 0 Å². The van der Waals surface area contributed by atoms with Crippen LogP contribution in [0, 0.1) is 46.3 Å². The van der Waals surface area contributed by atoms with Crippen LogP contribution in [-0.2, 0) is 4.74 Å². The van der Waals surface area contributed by atoms with Crippen LogP contribution in [0.25, 0.3) is 0 Å². The van der Waals surface area contributed by atoms with Gasteiger partial charge in [0.05, 0.1) is 6.10 Å². The lowest BCUT2D eigenvalue weighted by Crippen LogP contribution is -2.58. The van der Waals surface area contributed by atoms with E-state index in [0.29, 0.717) is 16.9 Å². The van der Waals surface area contributed by atoms with Crippen LogP contribution in [0.4, 0.5) is 0 Å². The summed E-state index contributed by atoms with van der Waals surface area (Å²) >= 11 is 0. The first-order chi connectivity index (χ1) is 11.4. The number of methoxy groups -OCH3 is 1. The smallest absolute Gasteiger partial charge is 0.0633 e. The summed E-state index contributed by atoms with van der Waals surface area (Å²) in [6.07, 6.45) is 13.8. The van der Waals surface area contributed by atoms with Crippen molar-refractivity contribution < 1.29 is 4.74 Å². The molecule has 0 aromatic carbocycles. The van der Waals surface area contributed by atoms with Crippen LogP contribution in [0.15, 0.2) is 0 Å². The van der Waals surface area contributed by atoms with Crippen LogP contribution in [0.2, 0.25) is 0 Å². The van der Waals surface area contributed by atoms with E-state index in [0.717, 1.165) is 35.5 Å². The Balaban J connectivity index is 1.69. The fraction of sp³-hybridized carbons (Fsp3) is 1.00. The first-order valence-electron chi connectivity index (χ1n) is 11.0. The molecule has 8 unspecified atom stereocenters. The van der Waals surface area contributed by atoms with Crippen LogP contribution in [-0.4, -0.2) is 13.2 Å². The molecule has 4 saturated carbocycles. The first kappa shape index (κ1) is 17.4. The third-order valence-electron chi connectivity index (χ3n) is 9.82. The van der Waals surface area contributed by atoms with Crippen molar-refractivity contribution in [3.8, 4) is 0 Å². The molecule has 1 heteroatoms. The third kappa shape index (κ3) is 2.22. The highest BCUT2D eigenvalue weighted by molar-refractivity contribution is 5.12. The molecule has 0 bridgehead atoms. The van der Waals surface area contributed by atoms with Gasteiger partial charge in [-0.2, -0.15) is 0 Å². The van der Waals surface area contributed by atoms with E-state index >= 15 is 0 Å². The molecule has 0 saturated heterocycles. The lowest BCUT2D eigenvalue weighted by atomic mass is 9.44. The predicted octanol–water partition coefficient (Wildman–Crippen LogP) is 6.32. The number of fused-ring (bicyclic) bond motifs is 5. The molecule has 24 heavy (non-hydrogen) atoms. The Labute approximate surface area is 150 Å². The maximum absolute atomic E-state index is 6.26. The van der Waals surface area contributed by atoms with E-state index in [4.69, 9.17) is 4.74 Å². The summed E-state index contributed by atoms with van der Waals surface area (Å²) in [6.45, 7) is 10.2. The molecule has 4 aliphatic carbocycles. The average Bonchev–Trinajstić information content (AvgIpc) is 2.91. The Morgan fingerprint density at radius 3 is 2.42 bits per heavy atom. The van der Waals surface area contributed by atoms with Crippen LogP contribution >= 0.6 is 0 Å². The summed E-state index contributed by atoms with van der Waals surface area (Å²) in [6, 6.07) is 0. The second-order valence-electron chi connectivity index (χ2n) is 10.7. The monoisotopic (exact) mass is 332 g/mol. The van der Waals surface area contributed by atoms with Gasteiger partial charge in [0.2, 0.25) is 0 Å². The minimum Gasteiger partial charge on any atom is -0.381 e. The summed E-state index contributed by atoms with van der Waals surface area (Å²) in [5.41, 5.74) is 1.05. The van der Waals surface area contributed by atoms with Gasteiger partial charge in [-0.3, -0.25) is 0 Å².